The number of hydrogen-bond acceptors (Lipinski definition) is 9. The van der Waals surface area contributed by atoms with E-state index in [2.05, 4.69) is 0 Å². The second-order valence-electron chi connectivity index (χ2n) is 5.99. The fourth-order valence-corrected chi connectivity index (χ4v) is 3.46. The van der Waals surface area contributed by atoms with Crippen molar-refractivity contribution in [2.75, 3.05) is 7.11 Å². The zero-order chi connectivity index (χ0) is 22.8. The molecule has 3 rings (SSSR count). The van der Waals surface area contributed by atoms with E-state index < -0.39 is 32.9 Å². The van der Waals surface area contributed by atoms with Gasteiger partial charge in [0.2, 0.25) is 0 Å². The van der Waals surface area contributed by atoms with Crippen LogP contribution >= 0.6 is 0 Å². The molecule has 0 atom stereocenters. The summed E-state index contributed by atoms with van der Waals surface area (Å²) in [6.45, 7) is 0. The van der Waals surface area contributed by atoms with Gasteiger partial charge in [0.25, 0.3) is 17.5 Å². The van der Waals surface area contributed by atoms with Crippen molar-refractivity contribution in [3.8, 4) is 11.5 Å². The molecule has 1 aliphatic heterocycles. The minimum atomic E-state index is -4.34. The molecule has 0 spiro atoms. The maximum Gasteiger partial charge on any atom is 0.339 e. The third-order valence-corrected chi connectivity index (χ3v) is 5.23. The quantitative estimate of drug-likeness (QED) is 0.216. The number of barbiturate groups is 1. The smallest absolute Gasteiger partial charge is 0.339 e. The van der Waals surface area contributed by atoms with Gasteiger partial charge < -0.3 is 8.92 Å². The molecule has 2 aromatic carbocycles. The number of methoxy groups -OCH3 is 1. The number of nitro groups is 1. The molecule has 2 N–H and O–H groups in total. The van der Waals surface area contributed by atoms with Crippen LogP contribution in [0, 0.1) is 10.1 Å². The van der Waals surface area contributed by atoms with Crippen molar-refractivity contribution >= 4 is 39.7 Å². The average Bonchev–Trinajstić information content (AvgIpc) is 2.71. The van der Waals surface area contributed by atoms with E-state index in [9.17, 15) is 32.9 Å². The van der Waals surface area contributed by atoms with Gasteiger partial charge in [-0.15, -0.1) is 0 Å². The second-order valence-corrected chi connectivity index (χ2v) is 7.54. The Morgan fingerprint density at radius 3 is 2.13 bits per heavy atom. The van der Waals surface area contributed by atoms with Gasteiger partial charge in [-0.05, 0) is 35.9 Å². The van der Waals surface area contributed by atoms with Crippen molar-refractivity contribution in [3.05, 3.63) is 63.7 Å². The summed E-state index contributed by atoms with van der Waals surface area (Å²) in [5.41, 5.74) is -0.341. The van der Waals surface area contributed by atoms with Crippen LogP contribution in [0.4, 0.5) is 10.5 Å². The Bertz CT molecular complexity index is 1210. The fourth-order valence-electron chi connectivity index (χ4n) is 2.52. The van der Waals surface area contributed by atoms with E-state index in [4.69, 9.17) is 8.92 Å². The summed E-state index contributed by atoms with van der Waals surface area (Å²) in [7, 11) is -3.09. The van der Waals surface area contributed by atoms with Crippen LogP contribution in [-0.2, 0) is 19.7 Å². The molecular weight excluding hydrogens is 434 g/mol. The minimum absolute atomic E-state index is 0.0347. The molecule has 12 nitrogen and oxygen atoms in total. The monoisotopic (exact) mass is 447 g/mol. The van der Waals surface area contributed by atoms with Gasteiger partial charge in [-0.2, -0.15) is 8.42 Å². The van der Waals surface area contributed by atoms with Gasteiger partial charge in [-0.1, -0.05) is 6.07 Å². The van der Waals surface area contributed by atoms with E-state index in [-0.39, 0.29) is 33.2 Å². The fraction of sp³-hybridized carbons (Fsp3) is 0.0556. The average molecular weight is 447 g/mol. The maximum absolute atomic E-state index is 12.5. The number of carbonyl (C=O) groups is 3. The first kappa shape index (κ1) is 21.4. The van der Waals surface area contributed by atoms with Crippen LogP contribution in [0.15, 0.2) is 52.9 Å². The topological polar surface area (TPSA) is 171 Å². The molecule has 0 aliphatic carbocycles. The molecule has 0 saturated carbocycles. The van der Waals surface area contributed by atoms with Gasteiger partial charge in [-0.25, -0.2) is 4.79 Å². The van der Waals surface area contributed by atoms with Crippen molar-refractivity contribution in [3.63, 3.8) is 0 Å². The zero-order valence-electron chi connectivity index (χ0n) is 15.6. The van der Waals surface area contributed by atoms with Gasteiger partial charge in [0.1, 0.15) is 10.5 Å². The van der Waals surface area contributed by atoms with Crippen LogP contribution in [-0.4, -0.2) is 38.3 Å². The van der Waals surface area contributed by atoms with Gasteiger partial charge >= 0.3 is 16.1 Å². The Balaban J connectivity index is 1.88. The van der Waals surface area contributed by atoms with Crippen molar-refractivity contribution < 1.29 is 36.6 Å². The number of nitrogens with zero attached hydrogens (tertiary/aromatic N) is 1. The van der Waals surface area contributed by atoms with Crippen LogP contribution < -0.4 is 19.6 Å². The number of nitrogens with one attached hydrogen (secondary N) is 2. The van der Waals surface area contributed by atoms with Crippen LogP contribution in [0.3, 0.4) is 0 Å². The lowest BCUT2D eigenvalue weighted by atomic mass is 10.1. The Hall–Kier alpha value is -4.26. The van der Waals surface area contributed by atoms with Crippen molar-refractivity contribution in [2.24, 2.45) is 0 Å². The molecule has 1 aliphatic rings. The van der Waals surface area contributed by atoms with Crippen molar-refractivity contribution in [1.82, 2.24) is 10.6 Å². The lowest BCUT2D eigenvalue weighted by Crippen LogP contribution is -2.51. The van der Waals surface area contributed by atoms with Crippen LogP contribution in [0.5, 0.6) is 11.5 Å². The Morgan fingerprint density at radius 1 is 0.968 bits per heavy atom. The number of urea groups is 1. The lowest BCUT2D eigenvalue weighted by molar-refractivity contribution is -0.384. The van der Waals surface area contributed by atoms with E-state index in [1.807, 2.05) is 10.6 Å². The summed E-state index contributed by atoms with van der Waals surface area (Å²) >= 11 is 0. The molecule has 13 heteroatoms. The largest absolute Gasteiger partial charge is 0.493 e. The van der Waals surface area contributed by atoms with Gasteiger partial charge in [0.15, 0.2) is 11.5 Å². The van der Waals surface area contributed by atoms with E-state index in [1.54, 1.807) is 0 Å². The first-order valence-electron chi connectivity index (χ1n) is 8.36. The Morgan fingerprint density at radius 2 is 1.58 bits per heavy atom. The van der Waals surface area contributed by atoms with Crippen LogP contribution in [0.2, 0.25) is 0 Å². The number of non-ortho nitro benzene ring substituents is 1. The van der Waals surface area contributed by atoms with E-state index in [0.717, 1.165) is 24.3 Å². The second kappa shape index (κ2) is 8.23. The molecule has 2 aromatic rings. The van der Waals surface area contributed by atoms with E-state index in [0.29, 0.717) is 0 Å². The summed E-state index contributed by atoms with van der Waals surface area (Å²) < 4.78 is 35.1. The number of amides is 4. The summed E-state index contributed by atoms with van der Waals surface area (Å²) in [5, 5.41) is 14.6. The zero-order valence-corrected chi connectivity index (χ0v) is 16.5. The number of imide groups is 2. The molecule has 1 saturated heterocycles. The summed E-state index contributed by atoms with van der Waals surface area (Å²) in [4.78, 5) is 44.5. The first-order valence-corrected chi connectivity index (χ1v) is 9.77. The van der Waals surface area contributed by atoms with Gasteiger partial charge in [0, 0.05) is 12.1 Å². The predicted octanol–water partition coefficient (Wildman–Crippen LogP) is 1.12. The van der Waals surface area contributed by atoms with E-state index in [1.165, 1.54) is 31.4 Å². The summed E-state index contributed by atoms with van der Waals surface area (Å²) in [6.07, 6.45) is 1.17. The molecule has 160 valence electrons. The highest BCUT2D eigenvalue weighted by atomic mass is 32.2. The normalized spacial score (nSPS) is 13.8. The lowest BCUT2D eigenvalue weighted by Gasteiger charge is -2.14. The number of carbonyl (C=O) groups excluding carboxylic acids is 3. The standard InChI is InChI=1S/C18H13N3O9S/c1-29-15-9-10(8-13-16(22)19-18(24)20-17(13)23)2-7-14(15)30-31(27,28)12-5-3-11(4-6-12)21(25)26/h2-9H,1H3,(H2,19,20,22,23,24). The third-order valence-electron chi connectivity index (χ3n) is 3.98. The molecule has 4 amide bonds. The predicted molar refractivity (Wildman–Crippen MR) is 104 cm³/mol. The maximum atomic E-state index is 12.5. The molecule has 0 unspecified atom stereocenters. The number of rotatable bonds is 6. The number of benzene rings is 2. The van der Waals surface area contributed by atoms with Gasteiger partial charge in [0.05, 0.1) is 12.0 Å². The highest BCUT2D eigenvalue weighted by molar-refractivity contribution is 7.87. The molecular formula is C18H13N3O9S. The summed E-state index contributed by atoms with van der Waals surface area (Å²) in [6, 6.07) is 7.06. The molecule has 1 heterocycles. The first-order chi connectivity index (χ1) is 14.6. The Kier molecular flexibility index (Phi) is 5.70. The van der Waals surface area contributed by atoms with E-state index >= 15 is 0 Å². The van der Waals surface area contributed by atoms with Crippen LogP contribution in [0.25, 0.3) is 6.08 Å². The molecule has 0 bridgehead atoms. The molecule has 1 fully saturated rings. The highest BCUT2D eigenvalue weighted by Crippen LogP contribution is 2.32. The Labute approximate surface area is 174 Å². The minimum Gasteiger partial charge on any atom is -0.493 e. The molecule has 0 aromatic heterocycles. The molecule has 31 heavy (non-hydrogen) atoms. The van der Waals surface area contributed by atoms with Crippen molar-refractivity contribution in [2.45, 2.75) is 4.90 Å². The SMILES string of the molecule is COc1cc(C=C2C(=O)NC(=O)NC2=O)ccc1OS(=O)(=O)c1ccc([N+](=O)[O-])cc1. The third kappa shape index (κ3) is 4.67. The van der Waals surface area contributed by atoms with Crippen molar-refractivity contribution in [1.29, 1.82) is 0 Å². The summed E-state index contributed by atoms with van der Waals surface area (Å²) in [5.74, 6) is -2.02. The molecule has 0 radical (unpaired) electrons. The number of nitro benzene ring substituents is 1. The van der Waals surface area contributed by atoms with Gasteiger partial charge in [-0.3, -0.25) is 30.3 Å². The van der Waals surface area contributed by atoms with Crippen LogP contribution in [0.1, 0.15) is 5.56 Å². The number of ether oxygens (including phenoxy) is 1. The number of hydrogen-bond donors (Lipinski definition) is 2. The highest BCUT2D eigenvalue weighted by Gasteiger charge is 2.28.